The Bertz CT molecular complexity index is 595. The lowest BCUT2D eigenvalue weighted by atomic mass is 10.2. The van der Waals surface area contributed by atoms with Gasteiger partial charge in [-0.15, -0.1) is 0 Å². The van der Waals surface area contributed by atoms with E-state index in [4.69, 9.17) is 9.47 Å². The maximum absolute atomic E-state index is 12.0. The van der Waals surface area contributed by atoms with Gasteiger partial charge in [0, 0.05) is 25.5 Å². The molecule has 5 nitrogen and oxygen atoms in total. The van der Waals surface area contributed by atoms with E-state index in [0.717, 1.165) is 13.0 Å². The Morgan fingerprint density at radius 2 is 1.95 bits per heavy atom. The molecule has 1 unspecified atom stereocenters. The highest BCUT2D eigenvalue weighted by Gasteiger charge is 2.26. The quantitative estimate of drug-likeness (QED) is 0.853. The minimum absolute atomic E-state index is 0.128. The maximum Gasteiger partial charge on any atom is 0.264 e. The van der Waals surface area contributed by atoms with Gasteiger partial charge in [0.05, 0.1) is 0 Å². The molecule has 1 atom stereocenters. The number of amides is 1. The molecule has 0 aliphatic carbocycles. The van der Waals surface area contributed by atoms with Crippen molar-refractivity contribution in [2.24, 2.45) is 0 Å². The third kappa shape index (κ3) is 3.37. The fourth-order valence-electron chi connectivity index (χ4n) is 2.26. The van der Waals surface area contributed by atoms with Crippen molar-refractivity contribution in [2.45, 2.75) is 19.1 Å². The fourth-order valence-corrected chi connectivity index (χ4v) is 2.26. The van der Waals surface area contributed by atoms with E-state index >= 15 is 0 Å². The zero-order valence-electron chi connectivity index (χ0n) is 11.7. The topological polar surface area (TPSA) is 52.5 Å². The summed E-state index contributed by atoms with van der Waals surface area (Å²) in [5.41, 5.74) is 0. The van der Waals surface area contributed by atoms with Crippen molar-refractivity contribution < 1.29 is 14.3 Å². The number of aryl methyl sites for hydroxylation is 1. The Labute approximate surface area is 123 Å². The lowest BCUT2D eigenvalue weighted by molar-refractivity contribution is -0.130. The van der Waals surface area contributed by atoms with E-state index in [1.165, 1.54) is 0 Å². The minimum Gasteiger partial charge on any atom is -0.485 e. The van der Waals surface area contributed by atoms with E-state index in [9.17, 15) is 4.79 Å². The molecule has 1 aliphatic heterocycles. The number of aromatic nitrogens is 1. The van der Waals surface area contributed by atoms with E-state index < -0.39 is 6.10 Å². The monoisotopic (exact) mass is 286 g/mol. The molecule has 5 heteroatoms. The highest BCUT2D eigenvalue weighted by Crippen LogP contribution is 2.30. The van der Waals surface area contributed by atoms with Gasteiger partial charge >= 0.3 is 0 Å². The van der Waals surface area contributed by atoms with E-state index in [1.54, 1.807) is 6.07 Å². The van der Waals surface area contributed by atoms with Crippen LogP contribution in [-0.4, -0.2) is 29.7 Å². The van der Waals surface area contributed by atoms with Crippen molar-refractivity contribution in [2.75, 3.05) is 13.2 Å². The van der Waals surface area contributed by atoms with Gasteiger partial charge < -0.3 is 19.4 Å². The second-order valence-electron chi connectivity index (χ2n) is 4.93. The number of nitrogens with one attached hydrogen (secondary N) is 1. The molecule has 1 amide bonds. The van der Waals surface area contributed by atoms with E-state index in [-0.39, 0.29) is 12.5 Å². The lowest BCUT2D eigenvalue weighted by Gasteiger charge is -2.25. The zero-order chi connectivity index (χ0) is 14.5. The molecule has 1 N–H and O–H groups in total. The normalized spacial score (nSPS) is 16.5. The highest BCUT2D eigenvalue weighted by molar-refractivity contribution is 5.81. The summed E-state index contributed by atoms with van der Waals surface area (Å²) < 4.78 is 13.3. The van der Waals surface area contributed by atoms with Crippen LogP contribution in [0.1, 0.15) is 6.42 Å². The first-order chi connectivity index (χ1) is 10.3. The zero-order valence-corrected chi connectivity index (χ0v) is 11.7. The SMILES string of the molecule is O=C(NCCCn1cccc1)C1COc2ccccc2O1. The molecule has 1 aromatic carbocycles. The van der Waals surface area contributed by atoms with E-state index in [1.807, 2.05) is 42.7 Å². The van der Waals surface area contributed by atoms with Crippen LogP contribution in [0.4, 0.5) is 0 Å². The van der Waals surface area contributed by atoms with E-state index in [2.05, 4.69) is 9.88 Å². The smallest absolute Gasteiger partial charge is 0.264 e. The number of para-hydroxylation sites is 2. The fraction of sp³-hybridized carbons (Fsp3) is 0.312. The van der Waals surface area contributed by atoms with Crippen molar-refractivity contribution in [3.8, 4) is 11.5 Å². The molecule has 1 aromatic heterocycles. The molecular weight excluding hydrogens is 268 g/mol. The Morgan fingerprint density at radius 1 is 1.19 bits per heavy atom. The second kappa shape index (κ2) is 6.35. The largest absolute Gasteiger partial charge is 0.485 e. The average molecular weight is 286 g/mol. The Balaban J connectivity index is 1.44. The molecule has 3 rings (SSSR count). The minimum atomic E-state index is -0.577. The molecule has 0 spiro atoms. The van der Waals surface area contributed by atoms with Crippen molar-refractivity contribution in [3.05, 3.63) is 48.8 Å². The van der Waals surface area contributed by atoms with Crippen molar-refractivity contribution in [1.82, 2.24) is 9.88 Å². The number of ether oxygens (including phenoxy) is 2. The predicted octanol–water partition coefficient (Wildman–Crippen LogP) is 1.83. The molecule has 2 aromatic rings. The number of rotatable bonds is 5. The number of hydrogen-bond donors (Lipinski definition) is 1. The number of fused-ring (bicyclic) bond motifs is 1. The van der Waals surface area contributed by atoms with Crippen LogP contribution in [-0.2, 0) is 11.3 Å². The number of carbonyl (C=O) groups is 1. The third-order valence-electron chi connectivity index (χ3n) is 3.36. The van der Waals surface area contributed by atoms with Crippen LogP contribution in [0.25, 0.3) is 0 Å². The van der Waals surface area contributed by atoms with Crippen LogP contribution in [0.3, 0.4) is 0 Å². The molecular formula is C16H18N2O3. The predicted molar refractivity (Wildman–Crippen MR) is 78.4 cm³/mol. The molecule has 2 heterocycles. The van der Waals surface area contributed by atoms with Crippen LogP contribution in [0.2, 0.25) is 0 Å². The number of carbonyl (C=O) groups excluding carboxylic acids is 1. The summed E-state index contributed by atoms with van der Waals surface area (Å²) in [6, 6.07) is 11.4. The first-order valence-electron chi connectivity index (χ1n) is 7.10. The first kappa shape index (κ1) is 13.5. The molecule has 0 saturated heterocycles. The second-order valence-corrected chi connectivity index (χ2v) is 4.93. The third-order valence-corrected chi connectivity index (χ3v) is 3.36. The van der Waals surface area contributed by atoms with Gasteiger partial charge in [-0.2, -0.15) is 0 Å². The van der Waals surface area contributed by atoms with Gasteiger partial charge in [-0.3, -0.25) is 4.79 Å². The van der Waals surface area contributed by atoms with Crippen molar-refractivity contribution in [3.63, 3.8) is 0 Å². The van der Waals surface area contributed by atoms with Gasteiger partial charge in [0.1, 0.15) is 6.61 Å². The summed E-state index contributed by atoms with van der Waals surface area (Å²) in [6.07, 6.45) is 4.32. The van der Waals surface area contributed by atoms with Crippen LogP contribution < -0.4 is 14.8 Å². The van der Waals surface area contributed by atoms with Crippen LogP contribution in [0, 0.1) is 0 Å². The maximum atomic E-state index is 12.0. The Kier molecular flexibility index (Phi) is 4.09. The van der Waals surface area contributed by atoms with Gasteiger partial charge in [0.25, 0.3) is 5.91 Å². The molecule has 1 aliphatic rings. The van der Waals surface area contributed by atoms with Crippen LogP contribution in [0.15, 0.2) is 48.8 Å². The van der Waals surface area contributed by atoms with Gasteiger partial charge in [-0.1, -0.05) is 12.1 Å². The summed E-state index contributed by atoms with van der Waals surface area (Å²) in [5.74, 6) is 1.18. The standard InChI is InChI=1S/C16H18N2O3/c19-16(17-8-5-11-18-9-3-4-10-18)15-12-20-13-6-1-2-7-14(13)21-15/h1-4,6-7,9-10,15H,5,8,11-12H2,(H,17,19). The van der Waals surface area contributed by atoms with Gasteiger partial charge in [-0.05, 0) is 30.7 Å². The highest BCUT2D eigenvalue weighted by atomic mass is 16.6. The van der Waals surface area contributed by atoms with Crippen LogP contribution >= 0.6 is 0 Å². The molecule has 21 heavy (non-hydrogen) atoms. The van der Waals surface area contributed by atoms with Gasteiger partial charge in [0.2, 0.25) is 6.10 Å². The van der Waals surface area contributed by atoms with Gasteiger partial charge in [-0.25, -0.2) is 0 Å². The summed E-state index contributed by atoms with van der Waals surface area (Å²) in [5, 5.41) is 2.89. The molecule has 0 saturated carbocycles. The Morgan fingerprint density at radius 3 is 2.76 bits per heavy atom. The van der Waals surface area contributed by atoms with Crippen molar-refractivity contribution >= 4 is 5.91 Å². The molecule has 110 valence electrons. The van der Waals surface area contributed by atoms with Crippen molar-refractivity contribution in [1.29, 1.82) is 0 Å². The molecule has 0 fully saturated rings. The number of benzene rings is 1. The lowest BCUT2D eigenvalue weighted by Crippen LogP contribution is -2.44. The summed E-state index contributed by atoms with van der Waals surface area (Å²) in [4.78, 5) is 12.0. The summed E-state index contributed by atoms with van der Waals surface area (Å²) >= 11 is 0. The molecule has 0 bridgehead atoms. The Hall–Kier alpha value is -2.43. The van der Waals surface area contributed by atoms with Crippen LogP contribution in [0.5, 0.6) is 11.5 Å². The summed E-state index contributed by atoms with van der Waals surface area (Å²) in [7, 11) is 0. The van der Waals surface area contributed by atoms with Gasteiger partial charge in [0.15, 0.2) is 11.5 Å². The molecule has 0 radical (unpaired) electrons. The van der Waals surface area contributed by atoms with E-state index in [0.29, 0.717) is 18.0 Å². The summed E-state index contributed by atoms with van der Waals surface area (Å²) in [6.45, 7) is 1.76. The average Bonchev–Trinajstić information content (AvgIpc) is 3.04. The number of nitrogens with zero attached hydrogens (tertiary/aromatic N) is 1. The number of hydrogen-bond acceptors (Lipinski definition) is 3. The first-order valence-corrected chi connectivity index (χ1v) is 7.10.